The van der Waals surface area contributed by atoms with E-state index in [4.69, 9.17) is 0 Å². The van der Waals surface area contributed by atoms with E-state index in [-0.39, 0.29) is 17.3 Å². The molecule has 0 aromatic heterocycles. The highest BCUT2D eigenvalue weighted by Gasteiger charge is 2.49. The van der Waals surface area contributed by atoms with Crippen LogP contribution >= 0.6 is 0 Å². The molecular weight excluding hydrogens is 364 g/mol. The molecule has 1 fully saturated rings. The number of carbonyl (C=O) groups is 2. The Hall–Kier alpha value is -2.67. The molecule has 0 unspecified atom stereocenters. The topological polar surface area (TPSA) is 74.8 Å². The van der Waals surface area contributed by atoms with Gasteiger partial charge in [-0.25, -0.2) is 12.7 Å². The van der Waals surface area contributed by atoms with Crippen molar-refractivity contribution in [1.29, 1.82) is 0 Å². The van der Waals surface area contributed by atoms with Gasteiger partial charge in [-0.05, 0) is 56.2 Å². The second kappa shape index (κ2) is 5.92. The predicted molar refractivity (Wildman–Crippen MR) is 103 cm³/mol. The fourth-order valence-electron chi connectivity index (χ4n) is 3.71. The molecule has 7 heteroatoms. The molecule has 4 rings (SSSR count). The van der Waals surface area contributed by atoms with E-state index in [2.05, 4.69) is 0 Å². The lowest BCUT2D eigenvalue weighted by Crippen LogP contribution is -2.33. The molecule has 2 aliphatic rings. The zero-order valence-electron chi connectivity index (χ0n) is 15.2. The quantitative estimate of drug-likeness (QED) is 0.798. The zero-order chi connectivity index (χ0) is 19.4. The van der Waals surface area contributed by atoms with E-state index in [1.165, 1.54) is 12.1 Å². The van der Waals surface area contributed by atoms with Crippen molar-refractivity contribution in [3.05, 3.63) is 59.7 Å². The van der Waals surface area contributed by atoms with Crippen molar-refractivity contribution >= 4 is 33.2 Å². The van der Waals surface area contributed by atoms with E-state index in [9.17, 15) is 18.0 Å². The molecule has 2 aromatic rings. The number of anilines is 2. The van der Waals surface area contributed by atoms with Gasteiger partial charge in [-0.1, -0.05) is 18.2 Å². The molecule has 0 spiro atoms. The summed E-state index contributed by atoms with van der Waals surface area (Å²) in [5.74, 6) is -0.804. The highest BCUT2D eigenvalue weighted by molar-refractivity contribution is 7.94. The third kappa shape index (κ3) is 2.82. The van der Waals surface area contributed by atoms with Gasteiger partial charge in [0.05, 0.1) is 16.9 Å². The number of amides is 2. The van der Waals surface area contributed by atoms with Gasteiger partial charge in [0, 0.05) is 17.8 Å². The summed E-state index contributed by atoms with van der Waals surface area (Å²) < 4.78 is 25.6. The van der Waals surface area contributed by atoms with Gasteiger partial charge in [-0.15, -0.1) is 0 Å². The number of nitrogens with zero attached hydrogens (tertiary/aromatic N) is 2. The first-order valence-electron chi connectivity index (χ1n) is 8.78. The van der Waals surface area contributed by atoms with Crippen molar-refractivity contribution in [1.82, 2.24) is 0 Å². The Balaban J connectivity index is 1.62. The molecule has 0 N–H and O–H groups in total. The third-order valence-corrected chi connectivity index (χ3v) is 7.09. The lowest BCUT2D eigenvalue weighted by atomic mass is 9.95. The van der Waals surface area contributed by atoms with Gasteiger partial charge in [-0.3, -0.25) is 9.59 Å². The van der Waals surface area contributed by atoms with Crippen LogP contribution in [-0.2, 0) is 21.2 Å². The molecule has 2 heterocycles. The zero-order valence-corrected chi connectivity index (χ0v) is 16.0. The second-order valence-corrected chi connectivity index (χ2v) is 9.41. The Bertz CT molecular complexity index is 1040. The average molecular weight is 384 g/mol. The van der Waals surface area contributed by atoms with Crippen LogP contribution in [0.5, 0.6) is 0 Å². The molecule has 6 nitrogen and oxygen atoms in total. The van der Waals surface area contributed by atoms with Crippen LogP contribution in [0.3, 0.4) is 0 Å². The Morgan fingerprint density at radius 1 is 1.04 bits per heavy atom. The predicted octanol–water partition coefficient (Wildman–Crippen LogP) is 2.59. The fraction of sp³-hybridized carbons (Fsp3) is 0.300. The van der Waals surface area contributed by atoms with Gasteiger partial charge in [-0.2, -0.15) is 0 Å². The van der Waals surface area contributed by atoms with Crippen molar-refractivity contribution in [2.75, 3.05) is 21.5 Å². The highest BCUT2D eigenvalue weighted by atomic mass is 32.2. The van der Waals surface area contributed by atoms with E-state index in [1.807, 2.05) is 24.3 Å². The van der Waals surface area contributed by atoms with Crippen LogP contribution in [0.4, 0.5) is 11.4 Å². The van der Waals surface area contributed by atoms with Crippen molar-refractivity contribution in [2.24, 2.45) is 5.41 Å². The summed E-state index contributed by atoms with van der Waals surface area (Å²) in [6.07, 6.45) is 0.815. The van der Waals surface area contributed by atoms with Crippen LogP contribution in [0.15, 0.2) is 48.5 Å². The summed E-state index contributed by atoms with van der Waals surface area (Å²) >= 11 is 0. The number of rotatable bonds is 2. The number of carbonyl (C=O) groups excluding carboxylic acids is 2. The molecule has 0 saturated carbocycles. The molecule has 1 saturated heterocycles. The van der Waals surface area contributed by atoms with Crippen LogP contribution in [0.1, 0.15) is 29.8 Å². The highest BCUT2D eigenvalue weighted by Crippen LogP contribution is 2.36. The third-order valence-electron chi connectivity index (χ3n) is 5.07. The maximum absolute atomic E-state index is 12.9. The van der Waals surface area contributed by atoms with E-state index >= 15 is 0 Å². The Morgan fingerprint density at radius 3 is 2.33 bits per heavy atom. The number of benzene rings is 2. The van der Waals surface area contributed by atoms with Gasteiger partial charge in [0.2, 0.25) is 15.9 Å². The Kier molecular flexibility index (Phi) is 3.89. The molecule has 140 valence electrons. The lowest BCUT2D eigenvalue weighted by Gasteiger charge is -2.19. The van der Waals surface area contributed by atoms with E-state index < -0.39 is 21.3 Å². The van der Waals surface area contributed by atoms with Crippen LogP contribution in [0.2, 0.25) is 0 Å². The molecule has 0 atom stereocenters. The van der Waals surface area contributed by atoms with Gasteiger partial charge >= 0.3 is 0 Å². The van der Waals surface area contributed by atoms with Crippen molar-refractivity contribution in [2.45, 2.75) is 20.3 Å². The van der Waals surface area contributed by atoms with Crippen molar-refractivity contribution in [3.8, 4) is 0 Å². The molecule has 0 radical (unpaired) electrons. The van der Waals surface area contributed by atoms with Crippen LogP contribution in [-0.4, -0.2) is 32.5 Å². The van der Waals surface area contributed by atoms with Crippen LogP contribution in [0.25, 0.3) is 0 Å². The Labute approximate surface area is 158 Å². The van der Waals surface area contributed by atoms with Crippen molar-refractivity contribution in [3.63, 3.8) is 0 Å². The standard InChI is InChI=1S/C20H20N2O4S/c1-20(2)13-27(25,26)22(19(20)24)16-9-7-15(8-10-16)18(23)21-12-11-14-5-3-4-6-17(14)21/h3-10H,11-13H2,1-2H3. The molecule has 27 heavy (non-hydrogen) atoms. The molecular formula is C20H20N2O4S. The number of fused-ring (bicyclic) bond motifs is 1. The summed E-state index contributed by atoms with van der Waals surface area (Å²) in [5, 5.41) is 0. The molecule has 0 aliphatic carbocycles. The van der Waals surface area contributed by atoms with Crippen molar-refractivity contribution < 1.29 is 18.0 Å². The molecule has 0 bridgehead atoms. The second-order valence-electron chi connectivity index (χ2n) is 7.59. The van der Waals surface area contributed by atoms with Gasteiger partial charge in [0.1, 0.15) is 0 Å². The summed E-state index contributed by atoms with van der Waals surface area (Å²) in [6.45, 7) is 3.86. The average Bonchev–Trinajstić information content (AvgIpc) is 3.11. The smallest absolute Gasteiger partial charge is 0.258 e. The first-order valence-corrected chi connectivity index (χ1v) is 10.4. The minimum absolute atomic E-state index is 0.137. The number of sulfonamides is 1. The van der Waals surface area contributed by atoms with E-state index in [1.54, 1.807) is 30.9 Å². The SMILES string of the molecule is CC1(C)CS(=O)(=O)N(c2ccc(C(=O)N3CCc4ccccc43)cc2)C1=O. The maximum Gasteiger partial charge on any atom is 0.258 e. The normalized spacial score (nSPS) is 20.0. The molecule has 2 aromatic carbocycles. The number of hydrogen-bond acceptors (Lipinski definition) is 4. The first-order chi connectivity index (χ1) is 12.7. The molecule has 2 amide bonds. The molecule has 2 aliphatic heterocycles. The van der Waals surface area contributed by atoms with Gasteiger partial charge < -0.3 is 4.90 Å². The van der Waals surface area contributed by atoms with Gasteiger partial charge in [0.15, 0.2) is 0 Å². The summed E-state index contributed by atoms with van der Waals surface area (Å²) in [7, 11) is -3.70. The lowest BCUT2D eigenvalue weighted by molar-refractivity contribution is -0.123. The monoisotopic (exact) mass is 384 g/mol. The minimum atomic E-state index is -3.70. The van der Waals surface area contributed by atoms with Gasteiger partial charge in [0.25, 0.3) is 5.91 Å². The number of para-hydroxylation sites is 1. The first kappa shape index (κ1) is 17.7. The van der Waals surface area contributed by atoms with Crippen LogP contribution < -0.4 is 9.21 Å². The summed E-state index contributed by atoms with van der Waals surface area (Å²) in [4.78, 5) is 27.1. The maximum atomic E-state index is 12.9. The summed E-state index contributed by atoms with van der Waals surface area (Å²) in [5.41, 5.74) is 1.82. The minimum Gasteiger partial charge on any atom is -0.308 e. The van der Waals surface area contributed by atoms with E-state index in [0.29, 0.717) is 12.1 Å². The number of hydrogen-bond donors (Lipinski definition) is 0. The van der Waals surface area contributed by atoms with E-state index in [0.717, 1.165) is 22.0 Å². The largest absolute Gasteiger partial charge is 0.308 e. The Morgan fingerprint density at radius 2 is 1.70 bits per heavy atom. The van der Waals surface area contributed by atoms with Crippen LogP contribution in [0, 0.1) is 5.41 Å². The fourth-order valence-corrected chi connectivity index (χ4v) is 5.81. The summed E-state index contributed by atoms with van der Waals surface area (Å²) in [6, 6.07) is 14.0.